The van der Waals surface area contributed by atoms with E-state index in [0.29, 0.717) is 12.1 Å². The Morgan fingerprint density at radius 2 is 2.26 bits per heavy atom. The third-order valence-electron chi connectivity index (χ3n) is 3.57. The fraction of sp³-hybridized carbons (Fsp3) is 0.600. The largest absolute Gasteiger partial charge is 0.468 e. The number of rotatable bonds is 6. The SMILES string of the molecule is CCCN(C(=O)c1ccc(OCC(F)(F)F)nc1)C1CCNC1. The molecule has 2 heterocycles. The zero-order valence-corrected chi connectivity index (χ0v) is 12.9. The van der Waals surface area contributed by atoms with Crippen molar-refractivity contribution in [2.45, 2.75) is 32.0 Å². The molecule has 1 unspecified atom stereocenters. The highest BCUT2D eigenvalue weighted by atomic mass is 19.4. The van der Waals surface area contributed by atoms with E-state index in [1.54, 1.807) is 4.90 Å². The molecule has 1 fully saturated rings. The summed E-state index contributed by atoms with van der Waals surface area (Å²) in [6.45, 7) is 2.86. The molecule has 0 aromatic carbocycles. The van der Waals surface area contributed by atoms with Crippen LogP contribution in [0.1, 0.15) is 30.1 Å². The summed E-state index contributed by atoms with van der Waals surface area (Å²) in [5, 5.41) is 3.22. The quantitative estimate of drug-likeness (QED) is 0.869. The summed E-state index contributed by atoms with van der Waals surface area (Å²) < 4.78 is 40.8. The molecule has 1 aromatic rings. The van der Waals surface area contributed by atoms with E-state index in [0.717, 1.165) is 25.9 Å². The molecule has 0 bridgehead atoms. The normalized spacial score (nSPS) is 18.0. The highest BCUT2D eigenvalue weighted by molar-refractivity contribution is 5.94. The monoisotopic (exact) mass is 331 g/mol. The van der Waals surface area contributed by atoms with Gasteiger partial charge in [0.15, 0.2) is 6.61 Å². The fourth-order valence-electron chi connectivity index (χ4n) is 2.51. The van der Waals surface area contributed by atoms with E-state index in [9.17, 15) is 18.0 Å². The van der Waals surface area contributed by atoms with Gasteiger partial charge in [0.2, 0.25) is 5.88 Å². The number of nitrogens with zero attached hydrogens (tertiary/aromatic N) is 2. The van der Waals surface area contributed by atoms with Gasteiger partial charge >= 0.3 is 6.18 Å². The Bertz CT molecular complexity index is 514. The summed E-state index contributed by atoms with van der Waals surface area (Å²) >= 11 is 0. The number of carbonyl (C=O) groups is 1. The molecule has 1 amide bonds. The van der Waals surface area contributed by atoms with Crippen molar-refractivity contribution in [1.29, 1.82) is 0 Å². The summed E-state index contributed by atoms with van der Waals surface area (Å²) in [5.41, 5.74) is 0.352. The molecular formula is C15H20F3N3O2. The van der Waals surface area contributed by atoms with Crippen LogP contribution in [0.3, 0.4) is 0 Å². The van der Waals surface area contributed by atoms with Crippen LogP contribution < -0.4 is 10.1 Å². The minimum atomic E-state index is -4.41. The Morgan fingerprint density at radius 3 is 2.78 bits per heavy atom. The van der Waals surface area contributed by atoms with E-state index in [4.69, 9.17) is 0 Å². The van der Waals surface area contributed by atoms with E-state index >= 15 is 0 Å². The van der Waals surface area contributed by atoms with Crippen molar-refractivity contribution < 1.29 is 22.7 Å². The van der Waals surface area contributed by atoms with E-state index in [1.165, 1.54) is 18.3 Å². The summed E-state index contributed by atoms with van der Waals surface area (Å²) in [6.07, 6.45) is -1.42. The number of nitrogens with one attached hydrogen (secondary N) is 1. The van der Waals surface area contributed by atoms with Gasteiger partial charge in [0.25, 0.3) is 5.91 Å². The van der Waals surface area contributed by atoms with Gasteiger partial charge < -0.3 is 15.0 Å². The summed E-state index contributed by atoms with van der Waals surface area (Å²) in [6, 6.07) is 2.88. The lowest BCUT2D eigenvalue weighted by Gasteiger charge is -2.28. The molecule has 1 N–H and O–H groups in total. The Kier molecular flexibility index (Phi) is 5.81. The number of alkyl halides is 3. The topological polar surface area (TPSA) is 54.5 Å². The molecule has 0 radical (unpaired) electrons. The van der Waals surface area contributed by atoms with Gasteiger partial charge in [0.1, 0.15) is 0 Å². The summed E-state index contributed by atoms with van der Waals surface area (Å²) in [7, 11) is 0. The number of aromatic nitrogens is 1. The first-order valence-corrected chi connectivity index (χ1v) is 7.58. The third kappa shape index (κ3) is 5.09. The zero-order valence-electron chi connectivity index (χ0n) is 12.9. The molecule has 128 valence electrons. The molecule has 1 atom stereocenters. The number of amides is 1. The van der Waals surface area contributed by atoms with Gasteiger partial charge in [-0.25, -0.2) is 4.98 Å². The van der Waals surface area contributed by atoms with Crippen LogP contribution in [0.15, 0.2) is 18.3 Å². The first kappa shape index (κ1) is 17.5. The maximum Gasteiger partial charge on any atom is 0.422 e. The molecule has 1 saturated heterocycles. The smallest absolute Gasteiger partial charge is 0.422 e. The standard InChI is InChI=1S/C15H20F3N3O2/c1-2-7-21(12-5-6-19-9-12)14(22)11-3-4-13(20-8-11)23-10-15(16,17)18/h3-4,8,12,19H,2,5-7,9-10H2,1H3. The third-order valence-corrected chi connectivity index (χ3v) is 3.57. The second-order valence-electron chi connectivity index (χ2n) is 5.43. The fourth-order valence-corrected chi connectivity index (χ4v) is 2.51. The van der Waals surface area contributed by atoms with Crippen molar-refractivity contribution in [3.8, 4) is 5.88 Å². The van der Waals surface area contributed by atoms with E-state index in [-0.39, 0.29) is 17.8 Å². The number of pyridine rings is 1. The second-order valence-corrected chi connectivity index (χ2v) is 5.43. The lowest BCUT2D eigenvalue weighted by atomic mass is 10.1. The van der Waals surface area contributed by atoms with Crippen molar-refractivity contribution >= 4 is 5.91 Å². The van der Waals surface area contributed by atoms with Gasteiger partial charge in [-0.3, -0.25) is 4.79 Å². The summed E-state index contributed by atoms with van der Waals surface area (Å²) in [4.78, 5) is 18.2. The number of hydrogen-bond acceptors (Lipinski definition) is 4. The Labute approximate surface area is 132 Å². The van der Waals surface area contributed by atoms with Crippen molar-refractivity contribution in [2.75, 3.05) is 26.2 Å². The van der Waals surface area contributed by atoms with E-state index in [1.807, 2.05) is 6.92 Å². The Balaban J connectivity index is 2.02. The molecule has 0 spiro atoms. The first-order valence-electron chi connectivity index (χ1n) is 7.58. The Hall–Kier alpha value is -1.83. The van der Waals surface area contributed by atoms with Crippen LogP contribution in [-0.2, 0) is 0 Å². The molecule has 5 nitrogen and oxygen atoms in total. The van der Waals surface area contributed by atoms with Crippen LogP contribution in [0.5, 0.6) is 5.88 Å². The van der Waals surface area contributed by atoms with E-state index in [2.05, 4.69) is 15.0 Å². The number of carbonyl (C=O) groups excluding carboxylic acids is 1. The van der Waals surface area contributed by atoms with Crippen LogP contribution in [0.25, 0.3) is 0 Å². The van der Waals surface area contributed by atoms with Crippen LogP contribution in [-0.4, -0.2) is 54.3 Å². The number of halogens is 3. The molecule has 2 rings (SSSR count). The average Bonchev–Trinajstić information content (AvgIpc) is 3.04. The maximum atomic E-state index is 12.6. The second kappa shape index (κ2) is 7.63. The van der Waals surface area contributed by atoms with Crippen LogP contribution in [0.2, 0.25) is 0 Å². The molecule has 23 heavy (non-hydrogen) atoms. The maximum absolute atomic E-state index is 12.6. The van der Waals surface area contributed by atoms with E-state index < -0.39 is 12.8 Å². The van der Waals surface area contributed by atoms with Crippen molar-refractivity contribution in [3.05, 3.63) is 23.9 Å². The molecule has 0 aliphatic carbocycles. The predicted molar refractivity (Wildman–Crippen MR) is 78.4 cm³/mol. The average molecular weight is 331 g/mol. The van der Waals surface area contributed by atoms with Crippen molar-refractivity contribution in [2.24, 2.45) is 0 Å². The first-order chi connectivity index (χ1) is 10.9. The number of hydrogen-bond donors (Lipinski definition) is 1. The van der Waals surface area contributed by atoms with Gasteiger partial charge in [0, 0.05) is 31.4 Å². The molecule has 1 aromatic heterocycles. The van der Waals surface area contributed by atoms with Crippen LogP contribution in [0, 0.1) is 0 Å². The minimum Gasteiger partial charge on any atom is -0.468 e. The minimum absolute atomic E-state index is 0.142. The molecule has 8 heteroatoms. The number of ether oxygens (including phenoxy) is 1. The van der Waals surface area contributed by atoms with Crippen LogP contribution >= 0.6 is 0 Å². The lowest BCUT2D eigenvalue weighted by Crippen LogP contribution is -2.42. The van der Waals surface area contributed by atoms with Crippen molar-refractivity contribution in [1.82, 2.24) is 15.2 Å². The lowest BCUT2D eigenvalue weighted by molar-refractivity contribution is -0.154. The highest BCUT2D eigenvalue weighted by Gasteiger charge is 2.29. The summed E-state index contributed by atoms with van der Waals surface area (Å²) in [5.74, 6) is -0.307. The molecule has 1 aliphatic heterocycles. The highest BCUT2D eigenvalue weighted by Crippen LogP contribution is 2.18. The molecule has 1 aliphatic rings. The van der Waals surface area contributed by atoms with Gasteiger partial charge in [-0.2, -0.15) is 13.2 Å². The van der Waals surface area contributed by atoms with Crippen molar-refractivity contribution in [3.63, 3.8) is 0 Å². The molecule has 0 saturated carbocycles. The predicted octanol–water partition coefficient (Wildman–Crippen LogP) is 2.24. The van der Waals surface area contributed by atoms with Gasteiger partial charge in [-0.15, -0.1) is 0 Å². The van der Waals surface area contributed by atoms with Gasteiger partial charge in [0.05, 0.1) is 5.56 Å². The van der Waals surface area contributed by atoms with Crippen LogP contribution in [0.4, 0.5) is 13.2 Å². The molecular weight excluding hydrogens is 311 g/mol. The van der Waals surface area contributed by atoms with Gasteiger partial charge in [-0.1, -0.05) is 6.92 Å². The zero-order chi connectivity index (χ0) is 16.9. The Morgan fingerprint density at radius 1 is 1.48 bits per heavy atom. The van der Waals surface area contributed by atoms with Gasteiger partial charge in [-0.05, 0) is 25.5 Å².